The minimum Gasteiger partial charge on any atom is -0.457 e. The second-order valence-electron chi connectivity index (χ2n) is 7.35. The SMILES string of the molecule is CC1(C)CN(Cc2ccc(-c3nc4ccccc4s3)o2)CCC1N.Cl. The van der Waals surface area contributed by atoms with E-state index in [0.29, 0.717) is 0 Å². The Hall–Kier alpha value is -1.40. The molecule has 25 heavy (non-hydrogen) atoms. The van der Waals surface area contributed by atoms with E-state index in [9.17, 15) is 0 Å². The Kier molecular flexibility index (Phi) is 5.21. The van der Waals surface area contributed by atoms with Crippen LogP contribution < -0.4 is 5.73 Å². The van der Waals surface area contributed by atoms with Gasteiger partial charge in [-0.15, -0.1) is 23.7 Å². The number of hydrogen-bond acceptors (Lipinski definition) is 5. The van der Waals surface area contributed by atoms with E-state index in [2.05, 4.69) is 35.9 Å². The lowest BCUT2D eigenvalue weighted by Gasteiger charge is -2.42. The molecule has 4 nitrogen and oxygen atoms in total. The van der Waals surface area contributed by atoms with Gasteiger partial charge in [0.1, 0.15) is 5.76 Å². The summed E-state index contributed by atoms with van der Waals surface area (Å²) >= 11 is 1.67. The van der Waals surface area contributed by atoms with Gasteiger partial charge in [0, 0.05) is 19.1 Å². The summed E-state index contributed by atoms with van der Waals surface area (Å²) in [5.74, 6) is 1.86. The second-order valence-corrected chi connectivity index (χ2v) is 8.38. The molecular formula is C19H24ClN3OS. The van der Waals surface area contributed by atoms with E-state index in [1.54, 1.807) is 11.3 Å². The van der Waals surface area contributed by atoms with Crippen molar-refractivity contribution in [1.29, 1.82) is 0 Å². The lowest BCUT2D eigenvalue weighted by molar-refractivity contribution is 0.0846. The number of furan rings is 1. The fraction of sp³-hybridized carbons (Fsp3) is 0.421. The van der Waals surface area contributed by atoms with Crippen LogP contribution in [0.1, 0.15) is 26.0 Å². The number of nitrogens with two attached hydrogens (primary N) is 1. The van der Waals surface area contributed by atoms with Crippen LogP contribution in [0.15, 0.2) is 40.8 Å². The summed E-state index contributed by atoms with van der Waals surface area (Å²) in [6.45, 7) is 7.37. The molecule has 6 heteroatoms. The van der Waals surface area contributed by atoms with Crippen LogP contribution >= 0.6 is 23.7 Å². The van der Waals surface area contributed by atoms with Crippen LogP contribution in [0, 0.1) is 5.41 Å². The first-order chi connectivity index (χ1) is 11.5. The van der Waals surface area contributed by atoms with Crippen molar-refractivity contribution >= 4 is 34.0 Å². The van der Waals surface area contributed by atoms with E-state index >= 15 is 0 Å². The van der Waals surface area contributed by atoms with Crippen LogP contribution in [0.5, 0.6) is 0 Å². The number of thiazole rings is 1. The third kappa shape index (κ3) is 3.75. The van der Waals surface area contributed by atoms with Crippen LogP contribution in [-0.2, 0) is 6.54 Å². The number of nitrogens with zero attached hydrogens (tertiary/aromatic N) is 2. The lowest BCUT2D eigenvalue weighted by Crippen LogP contribution is -2.51. The molecule has 0 radical (unpaired) electrons. The summed E-state index contributed by atoms with van der Waals surface area (Å²) in [5, 5.41) is 0.948. The van der Waals surface area contributed by atoms with E-state index in [0.717, 1.165) is 48.1 Å². The fourth-order valence-electron chi connectivity index (χ4n) is 3.40. The zero-order valence-electron chi connectivity index (χ0n) is 14.6. The summed E-state index contributed by atoms with van der Waals surface area (Å²) in [5.41, 5.74) is 7.41. The van der Waals surface area contributed by atoms with Crippen molar-refractivity contribution in [2.45, 2.75) is 32.9 Å². The van der Waals surface area contributed by atoms with Crippen LogP contribution in [0.4, 0.5) is 0 Å². The van der Waals surface area contributed by atoms with Crippen LogP contribution in [-0.4, -0.2) is 29.0 Å². The predicted molar refractivity (Wildman–Crippen MR) is 106 cm³/mol. The molecule has 1 unspecified atom stereocenters. The Labute approximate surface area is 158 Å². The van der Waals surface area contributed by atoms with Gasteiger partial charge < -0.3 is 10.2 Å². The molecule has 3 heterocycles. The summed E-state index contributed by atoms with van der Waals surface area (Å²) < 4.78 is 7.26. The number of para-hydroxylation sites is 1. The van der Waals surface area contributed by atoms with E-state index < -0.39 is 0 Å². The molecule has 1 fully saturated rings. The average molecular weight is 378 g/mol. The first kappa shape index (κ1) is 18.4. The second kappa shape index (κ2) is 7.08. The normalized spacial score (nSPS) is 20.5. The highest BCUT2D eigenvalue weighted by atomic mass is 35.5. The highest BCUT2D eigenvalue weighted by molar-refractivity contribution is 7.21. The van der Waals surface area contributed by atoms with E-state index in [-0.39, 0.29) is 23.9 Å². The molecule has 134 valence electrons. The smallest absolute Gasteiger partial charge is 0.163 e. The van der Waals surface area contributed by atoms with Gasteiger partial charge >= 0.3 is 0 Å². The number of piperidine rings is 1. The first-order valence-corrected chi connectivity index (χ1v) is 9.25. The molecule has 2 N–H and O–H groups in total. The number of likely N-dealkylation sites (tertiary alicyclic amines) is 1. The van der Waals surface area contributed by atoms with Crippen molar-refractivity contribution in [1.82, 2.24) is 9.88 Å². The maximum absolute atomic E-state index is 6.23. The van der Waals surface area contributed by atoms with Crippen molar-refractivity contribution in [3.8, 4) is 10.8 Å². The zero-order valence-corrected chi connectivity index (χ0v) is 16.2. The lowest BCUT2D eigenvalue weighted by atomic mass is 9.80. The number of fused-ring (bicyclic) bond motifs is 1. The topological polar surface area (TPSA) is 55.3 Å². The minimum absolute atomic E-state index is 0. The molecule has 4 rings (SSSR count). The number of hydrogen-bond donors (Lipinski definition) is 1. The summed E-state index contributed by atoms with van der Waals surface area (Å²) in [7, 11) is 0. The van der Waals surface area contributed by atoms with Crippen molar-refractivity contribution in [3.63, 3.8) is 0 Å². The molecule has 0 saturated carbocycles. The number of benzene rings is 1. The number of halogens is 1. The monoisotopic (exact) mass is 377 g/mol. The quantitative estimate of drug-likeness (QED) is 0.728. The van der Waals surface area contributed by atoms with Gasteiger partial charge in [-0.25, -0.2) is 4.98 Å². The highest BCUT2D eigenvalue weighted by Gasteiger charge is 2.33. The Morgan fingerprint density at radius 3 is 2.84 bits per heavy atom. The summed E-state index contributed by atoms with van der Waals surface area (Å²) in [6.07, 6.45) is 1.04. The Bertz CT molecular complexity index is 824. The van der Waals surface area contributed by atoms with Crippen molar-refractivity contribution in [2.75, 3.05) is 13.1 Å². The molecule has 0 bridgehead atoms. The molecule has 1 atom stereocenters. The molecule has 2 aromatic heterocycles. The first-order valence-electron chi connectivity index (χ1n) is 8.44. The van der Waals surface area contributed by atoms with Gasteiger partial charge in [0.05, 0.1) is 16.8 Å². The van der Waals surface area contributed by atoms with Crippen LogP contribution in [0.25, 0.3) is 21.0 Å². The molecule has 1 saturated heterocycles. The van der Waals surface area contributed by atoms with Gasteiger partial charge in [0.2, 0.25) is 0 Å². The number of aromatic nitrogens is 1. The third-order valence-electron chi connectivity index (χ3n) is 4.94. The highest BCUT2D eigenvalue weighted by Crippen LogP contribution is 2.32. The predicted octanol–water partition coefficient (Wildman–Crippen LogP) is 4.54. The Morgan fingerprint density at radius 1 is 1.28 bits per heavy atom. The van der Waals surface area contributed by atoms with Gasteiger partial charge in [-0.3, -0.25) is 4.90 Å². The summed E-state index contributed by atoms with van der Waals surface area (Å²) in [4.78, 5) is 7.11. The minimum atomic E-state index is 0. The fourth-order valence-corrected chi connectivity index (χ4v) is 4.32. The molecule has 1 aliphatic heterocycles. The van der Waals surface area contributed by atoms with Crippen molar-refractivity contribution in [2.24, 2.45) is 11.1 Å². The van der Waals surface area contributed by atoms with Crippen molar-refractivity contribution in [3.05, 3.63) is 42.2 Å². The van der Waals surface area contributed by atoms with Crippen LogP contribution in [0.2, 0.25) is 0 Å². The van der Waals surface area contributed by atoms with Gasteiger partial charge in [-0.2, -0.15) is 0 Å². The molecule has 1 aromatic carbocycles. The van der Waals surface area contributed by atoms with Crippen molar-refractivity contribution < 1.29 is 4.42 Å². The molecular weight excluding hydrogens is 354 g/mol. The van der Waals surface area contributed by atoms with E-state index in [4.69, 9.17) is 10.2 Å². The molecule has 1 aliphatic rings. The van der Waals surface area contributed by atoms with Gasteiger partial charge in [0.25, 0.3) is 0 Å². The third-order valence-corrected chi connectivity index (χ3v) is 5.99. The standard InChI is InChI=1S/C19H23N3OS.ClH/c1-19(2)12-22(10-9-17(19)20)11-13-7-8-15(23-13)18-21-14-5-3-4-6-16(14)24-18;/h3-8,17H,9-12,20H2,1-2H3;1H. The molecule has 0 aliphatic carbocycles. The molecule has 3 aromatic rings. The van der Waals surface area contributed by atoms with E-state index in [1.165, 1.54) is 4.70 Å². The van der Waals surface area contributed by atoms with E-state index in [1.807, 2.05) is 24.3 Å². The number of rotatable bonds is 3. The Morgan fingerprint density at radius 2 is 2.08 bits per heavy atom. The molecule has 0 amide bonds. The van der Waals surface area contributed by atoms with Gasteiger partial charge in [0.15, 0.2) is 10.8 Å². The van der Waals surface area contributed by atoms with Gasteiger partial charge in [-0.05, 0) is 36.1 Å². The average Bonchev–Trinajstić information content (AvgIpc) is 3.16. The largest absolute Gasteiger partial charge is 0.457 e. The molecule has 0 spiro atoms. The van der Waals surface area contributed by atoms with Gasteiger partial charge in [-0.1, -0.05) is 26.0 Å². The zero-order chi connectivity index (χ0) is 16.7. The van der Waals surface area contributed by atoms with Crippen LogP contribution in [0.3, 0.4) is 0 Å². The Balaban J connectivity index is 0.00000182. The maximum atomic E-state index is 6.23. The summed E-state index contributed by atoms with van der Waals surface area (Å²) in [6, 6.07) is 12.6. The maximum Gasteiger partial charge on any atom is 0.163 e.